The summed E-state index contributed by atoms with van der Waals surface area (Å²) in [5.74, 6) is 1.33. The van der Waals surface area contributed by atoms with Crippen molar-refractivity contribution in [3.05, 3.63) is 45.6 Å². The Labute approximate surface area is 235 Å². The van der Waals surface area contributed by atoms with Crippen molar-refractivity contribution in [3.8, 4) is 28.4 Å². The van der Waals surface area contributed by atoms with Crippen LogP contribution in [-0.2, 0) is 16.0 Å². The van der Waals surface area contributed by atoms with Crippen molar-refractivity contribution in [2.24, 2.45) is 0 Å². The molecule has 1 aliphatic carbocycles. The number of nitrogens with one attached hydrogen (secondary N) is 3. The minimum Gasteiger partial charge on any atom is -0.493 e. The molecule has 0 fully saturated rings. The first-order valence-corrected chi connectivity index (χ1v) is 13.7. The summed E-state index contributed by atoms with van der Waals surface area (Å²) in [5.41, 5.74) is 3.55. The lowest BCUT2D eigenvalue weighted by atomic mass is 9.95. The fourth-order valence-corrected chi connectivity index (χ4v) is 5.06. The van der Waals surface area contributed by atoms with E-state index in [1.807, 2.05) is 12.1 Å². The highest BCUT2D eigenvalue weighted by Gasteiger charge is 2.29. The SMILES string of the molecule is COc1cc2c(c(OC)c1OC)-c1ccc(NCCCCCC(=O)NCCCO)c(=O)cc1C(NC(C)=O)CC2. The number of rotatable bonds is 14. The minimum absolute atomic E-state index is 0.0153. The quantitative estimate of drug-likeness (QED) is 0.261. The maximum atomic E-state index is 13.3. The zero-order chi connectivity index (χ0) is 29.1. The van der Waals surface area contributed by atoms with Crippen LogP contribution in [0.1, 0.15) is 62.6 Å². The maximum Gasteiger partial charge on any atom is 0.219 e. The fourth-order valence-electron chi connectivity index (χ4n) is 5.06. The van der Waals surface area contributed by atoms with Gasteiger partial charge in [-0.05, 0) is 67.0 Å². The molecule has 0 heterocycles. The Morgan fingerprint density at radius 3 is 2.42 bits per heavy atom. The maximum absolute atomic E-state index is 13.3. The number of aliphatic hydroxyl groups is 1. The Bertz CT molecular complexity index is 1250. The average molecular weight is 556 g/mol. The van der Waals surface area contributed by atoms with Crippen LogP contribution >= 0.6 is 0 Å². The number of anilines is 1. The lowest BCUT2D eigenvalue weighted by Crippen LogP contribution is -2.26. The molecular formula is C30H41N3O7. The van der Waals surface area contributed by atoms with Crippen molar-refractivity contribution in [1.82, 2.24) is 10.6 Å². The van der Waals surface area contributed by atoms with Gasteiger partial charge in [0, 0.05) is 38.6 Å². The second kappa shape index (κ2) is 15.1. The van der Waals surface area contributed by atoms with Crippen molar-refractivity contribution >= 4 is 17.5 Å². The van der Waals surface area contributed by atoms with Gasteiger partial charge in [0.2, 0.25) is 23.0 Å². The number of carbonyl (C=O) groups excluding carboxylic acids is 2. The van der Waals surface area contributed by atoms with Crippen molar-refractivity contribution in [2.45, 2.75) is 57.9 Å². The van der Waals surface area contributed by atoms with Crippen LogP contribution in [0.3, 0.4) is 0 Å². The van der Waals surface area contributed by atoms with Gasteiger partial charge >= 0.3 is 0 Å². The van der Waals surface area contributed by atoms with Gasteiger partial charge in [-0.1, -0.05) is 12.5 Å². The predicted molar refractivity (Wildman–Crippen MR) is 154 cm³/mol. The third-order valence-electron chi connectivity index (χ3n) is 6.97. The number of methoxy groups -OCH3 is 3. The van der Waals surface area contributed by atoms with Crippen LogP contribution in [0.25, 0.3) is 11.1 Å². The Kier molecular flexibility index (Phi) is 11.6. The molecule has 10 heteroatoms. The molecule has 1 unspecified atom stereocenters. The van der Waals surface area contributed by atoms with E-state index in [2.05, 4.69) is 16.0 Å². The average Bonchev–Trinajstić information content (AvgIpc) is 3.18. The van der Waals surface area contributed by atoms with E-state index in [1.165, 1.54) is 6.92 Å². The second-order valence-corrected chi connectivity index (χ2v) is 9.76. The normalized spacial score (nSPS) is 13.8. The van der Waals surface area contributed by atoms with E-state index in [-0.39, 0.29) is 29.9 Å². The van der Waals surface area contributed by atoms with E-state index in [4.69, 9.17) is 19.3 Å². The van der Waals surface area contributed by atoms with Crippen molar-refractivity contribution in [2.75, 3.05) is 46.3 Å². The summed E-state index contributed by atoms with van der Waals surface area (Å²) in [6.07, 6.45) is 4.59. The highest BCUT2D eigenvalue weighted by Crippen LogP contribution is 2.50. The molecule has 1 aliphatic rings. The molecule has 0 radical (unpaired) electrons. The minimum atomic E-state index is -0.363. The summed E-state index contributed by atoms with van der Waals surface area (Å²) < 4.78 is 17.0. The fraction of sp³-hybridized carbons (Fsp3) is 0.500. The topological polar surface area (TPSA) is 135 Å². The second-order valence-electron chi connectivity index (χ2n) is 9.76. The monoisotopic (exact) mass is 555 g/mol. The first-order chi connectivity index (χ1) is 19.3. The van der Waals surface area contributed by atoms with Gasteiger partial charge in [0.05, 0.1) is 33.1 Å². The molecule has 4 N–H and O–H groups in total. The molecule has 3 rings (SSSR count). The highest BCUT2D eigenvalue weighted by atomic mass is 16.5. The number of hydrogen-bond acceptors (Lipinski definition) is 8. The summed E-state index contributed by atoms with van der Waals surface area (Å²) in [6.45, 7) is 2.59. The smallest absolute Gasteiger partial charge is 0.219 e. The molecule has 0 saturated heterocycles. The summed E-state index contributed by atoms with van der Waals surface area (Å²) in [7, 11) is 4.70. The third kappa shape index (κ3) is 7.65. The predicted octanol–water partition coefficient (Wildman–Crippen LogP) is 3.33. The van der Waals surface area contributed by atoms with E-state index in [0.29, 0.717) is 67.3 Å². The van der Waals surface area contributed by atoms with Gasteiger partial charge in [0.15, 0.2) is 11.5 Å². The van der Waals surface area contributed by atoms with Gasteiger partial charge in [-0.15, -0.1) is 0 Å². The summed E-state index contributed by atoms with van der Waals surface area (Å²) in [5, 5.41) is 17.8. The van der Waals surface area contributed by atoms with Gasteiger partial charge in [-0.3, -0.25) is 14.4 Å². The van der Waals surface area contributed by atoms with Gasteiger partial charge in [-0.2, -0.15) is 0 Å². The van der Waals surface area contributed by atoms with Crippen LogP contribution in [-0.4, -0.2) is 57.9 Å². The van der Waals surface area contributed by atoms with E-state index < -0.39 is 0 Å². The molecule has 10 nitrogen and oxygen atoms in total. The summed E-state index contributed by atoms with van der Waals surface area (Å²) in [4.78, 5) is 37.2. The van der Waals surface area contributed by atoms with E-state index in [9.17, 15) is 14.4 Å². The largest absolute Gasteiger partial charge is 0.493 e. The van der Waals surface area contributed by atoms with Gasteiger partial charge < -0.3 is 35.3 Å². The number of benzene rings is 1. The summed E-state index contributed by atoms with van der Waals surface area (Å²) in [6, 6.07) is 6.82. The van der Waals surface area contributed by atoms with Crippen LogP contribution in [0.5, 0.6) is 17.2 Å². The Morgan fingerprint density at radius 2 is 1.75 bits per heavy atom. The number of aryl methyl sites for hydroxylation is 1. The standard InChI is InChI=1S/C30H41N3O7/c1-19(35)33-23-12-10-20-17-26(38-2)29(39-3)30(40-4)28(20)21-11-13-24(25(36)18-22(21)23)31-14-7-5-6-9-27(37)32-15-8-16-34/h11,13,17-18,23,34H,5-10,12,14-16H2,1-4H3,(H,31,36)(H,32,37)(H,33,35). The highest BCUT2D eigenvalue weighted by molar-refractivity contribution is 5.83. The van der Waals surface area contributed by atoms with E-state index in [1.54, 1.807) is 33.5 Å². The number of carbonyl (C=O) groups is 2. The third-order valence-corrected chi connectivity index (χ3v) is 6.97. The molecule has 218 valence electrons. The zero-order valence-corrected chi connectivity index (χ0v) is 23.9. The number of hydrogen-bond donors (Lipinski definition) is 4. The van der Waals surface area contributed by atoms with Crippen molar-refractivity contribution < 1.29 is 28.9 Å². The number of unbranched alkanes of at least 4 members (excludes halogenated alkanes) is 2. The molecule has 0 saturated carbocycles. The molecule has 0 bridgehead atoms. The number of aliphatic hydroxyl groups excluding tert-OH is 1. The van der Waals surface area contributed by atoms with Crippen LogP contribution in [0, 0.1) is 0 Å². The van der Waals surface area contributed by atoms with Crippen molar-refractivity contribution in [1.29, 1.82) is 0 Å². The van der Waals surface area contributed by atoms with Crippen molar-refractivity contribution in [3.63, 3.8) is 0 Å². The van der Waals surface area contributed by atoms with Gasteiger partial charge in [0.25, 0.3) is 0 Å². The molecule has 40 heavy (non-hydrogen) atoms. The lowest BCUT2D eigenvalue weighted by molar-refractivity contribution is -0.121. The zero-order valence-electron chi connectivity index (χ0n) is 23.9. The Morgan fingerprint density at radius 1 is 0.975 bits per heavy atom. The van der Waals surface area contributed by atoms with Gasteiger partial charge in [0.1, 0.15) is 0 Å². The summed E-state index contributed by atoms with van der Waals surface area (Å²) >= 11 is 0. The van der Waals surface area contributed by atoms with Crippen LogP contribution in [0.2, 0.25) is 0 Å². The molecular weight excluding hydrogens is 514 g/mol. The number of amides is 2. The first kappa shape index (κ1) is 30.7. The molecule has 2 aromatic rings. The molecule has 0 spiro atoms. The van der Waals surface area contributed by atoms with Gasteiger partial charge in [-0.25, -0.2) is 0 Å². The van der Waals surface area contributed by atoms with E-state index in [0.717, 1.165) is 36.0 Å². The molecule has 0 aromatic heterocycles. The number of fused-ring (bicyclic) bond motifs is 3. The van der Waals surface area contributed by atoms with E-state index >= 15 is 0 Å². The molecule has 1 atom stereocenters. The first-order valence-electron chi connectivity index (χ1n) is 13.7. The molecule has 2 amide bonds. The molecule has 0 aliphatic heterocycles. The van der Waals surface area contributed by atoms with Crippen LogP contribution in [0.15, 0.2) is 29.1 Å². The van der Waals surface area contributed by atoms with Crippen LogP contribution in [0.4, 0.5) is 5.69 Å². The molecule has 2 aromatic carbocycles. The Hall–Kier alpha value is -3.79. The van der Waals surface area contributed by atoms with Crippen LogP contribution < -0.4 is 35.6 Å². The lowest BCUT2D eigenvalue weighted by Gasteiger charge is -2.19. The Balaban J connectivity index is 1.87. The number of ether oxygens (including phenoxy) is 3.